The topological polar surface area (TPSA) is 0 Å². The summed E-state index contributed by atoms with van der Waals surface area (Å²) in [5.74, 6) is 0. The van der Waals surface area contributed by atoms with E-state index in [1.54, 1.807) is 18.2 Å². The Kier molecular flexibility index (Phi) is 2.20. The minimum absolute atomic E-state index is 0.655. The quantitative estimate of drug-likeness (QED) is 0.562. The Balaban J connectivity index is 3.17. The van der Waals surface area contributed by atoms with Crippen LogP contribution in [0.15, 0.2) is 22.7 Å². The zero-order chi connectivity index (χ0) is 6.85. The Bertz CT molecular complexity index is 174. The summed E-state index contributed by atoms with van der Waals surface area (Å²) in [6.45, 7) is 0. The van der Waals surface area contributed by atoms with Gasteiger partial charge in [0.2, 0.25) is 0 Å². The molecule has 0 amide bonds. The van der Waals surface area contributed by atoms with E-state index in [0.29, 0.717) is 10.5 Å². The number of rotatable bonds is 0. The number of hydrogen-bond donors (Lipinski definition) is 0. The van der Waals surface area contributed by atoms with Crippen molar-refractivity contribution >= 4 is 40.8 Å². The largest absolute Gasteiger partial charge is 0.113 e. The van der Waals surface area contributed by atoms with Crippen LogP contribution in [0.25, 0.3) is 0 Å². The molecule has 0 aliphatic heterocycles. The van der Waals surface area contributed by atoms with Crippen LogP contribution >= 0.6 is 27.5 Å². The van der Waals surface area contributed by atoms with Gasteiger partial charge >= 0.3 is 0 Å². The Labute approximate surface area is 68.8 Å². The maximum atomic E-state index is 5.64. The maximum absolute atomic E-state index is 5.64. The second kappa shape index (κ2) is 2.76. The molecule has 0 N–H and O–H groups in total. The molecule has 1 rings (SSSR count). The van der Waals surface area contributed by atoms with Crippen LogP contribution in [0.2, 0.25) is 5.02 Å². The average molecular weight is 201 g/mol. The van der Waals surface area contributed by atoms with Crippen molar-refractivity contribution in [2.24, 2.45) is 0 Å². The van der Waals surface area contributed by atoms with Crippen molar-refractivity contribution < 1.29 is 0 Å². The molecule has 0 bridgehead atoms. The molecular weight excluding hydrogens is 198 g/mol. The molecule has 2 radical (unpaired) electrons. The highest BCUT2D eigenvalue weighted by molar-refractivity contribution is 9.10. The lowest BCUT2D eigenvalue weighted by molar-refractivity contribution is 1.70. The van der Waals surface area contributed by atoms with Crippen LogP contribution in [0.3, 0.4) is 0 Å². The molecule has 9 heavy (non-hydrogen) atoms. The summed E-state index contributed by atoms with van der Waals surface area (Å²) in [6.07, 6.45) is 0. The lowest BCUT2D eigenvalue weighted by Crippen LogP contribution is -1.99. The molecule has 0 aromatic heterocycles. The first kappa shape index (κ1) is 7.17. The minimum atomic E-state index is 0.655. The zero-order valence-electron chi connectivity index (χ0n) is 4.57. The first-order chi connectivity index (χ1) is 4.18. The lowest BCUT2D eigenvalue weighted by Gasteiger charge is -1.94. The molecule has 1 aromatic rings. The first-order valence-electron chi connectivity index (χ1n) is 2.40. The third kappa shape index (κ3) is 2.03. The summed E-state index contributed by atoms with van der Waals surface area (Å²) in [6, 6.07) is 5.29. The fourth-order valence-corrected chi connectivity index (χ4v) is 1.46. The number of halogens is 2. The van der Waals surface area contributed by atoms with E-state index in [2.05, 4.69) is 15.9 Å². The summed E-state index contributed by atoms with van der Waals surface area (Å²) in [5, 5.41) is 0.655. The van der Waals surface area contributed by atoms with Crippen LogP contribution in [-0.2, 0) is 0 Å². The Hall–Kier alpha value is 0.0549. The third-order valence-corrected chi connectivity index (χ3v) is 1.56. The molecule has 0 aliphatic rings. The summed E-state index contributed by atoms with van der Waals surface area (Å²) in [4.78, 5) is 0. The highest BCUT2D eigenvalue weighted by atomic mass is 79.9. The summed E-state index contributed by atoms with van der Waals surface area (Å²) in [5.41, 5.74) is 0.675. The molecule has 0 unspecified atom stereocenters. The molecule has 1 aromatic carbocycles. The van der Waals surface area contributed by atoms with Gasteiger partial charge in [-0.05, 0) is 6.07 Å². The van der Waals surface area contributed by atoms with Gasteiger partial charge in [-0.3, -0.25) is 0 Å². The summed E-state index contributed by atoms with van der Waals surface area (Å²) < 4.78 is 0.910. The molecule has 0 fully saturated rings. The molecule has 44 valence electrons. The molecular formula is C6H3BBrCl. The highest BCUT2D eigenvalue weighted by Gasteiger charge is 1.90. The number of hydrogen-bond acceptors (Lipinski definition) is 0. The van der Waals surface area contributed by atoms with Gasteiger partial charge in [0, 0.05) is 9.50 Å². The van der Waals surface area contributed by atoms with Crippen molar-refractivity contribution in [1.29, 1.82) is 0 Å². The molecule has 0 saturated heterocycles. The van der Waals surface area contributed by atoms with Gasteiger partial charge in [-0.2, -0.15) is 0 Å². The van der Waals surface area contributed by atoms with Gasteiger partial charge < -0.3 is 0 Å². The average Bonchev–Trinajstić information content (AvgIpc) is 1.59. The standard InChI is InChI=1S/C6H3BBrCl/c7-4-1-5(8)3-6(9)2-4/h1-3H. The van der Waals surface area contributed by atoms with E-state index < -0.39 is 0 Å². The fraction of sp³-hybridized carbons (Fsp3) is 0. The Morgan fingerprint density at radius 3 is 2.44 bits per heavy atom. The van der Waals surface area contributed by atoms with Crippen molar-refractivity contribution in [3.63, 3.8) is 0 Å². The van der Waals surface area contributed by atoms with Crippen LogP contribution < -0.4 is 5.46 Å². The normalized spacial score (nSPS) is 9.56. The molecule has 0 saturated carbocycles. The molecule has 0 nitrogen and oxygen atoms in total. The van der Waals surface area contributed by atoms with Crippen LogP contribution in [0.4, 0.5) is 0 Å². The predicted molar refractivity (Wildman–Crippen MR) is 44.5 cm³/mol. The fourth-order valence-electron chi connectivity index (χ4n) is 0.575. The van der Waals surface area contributed by atoms with Gasteiger partial charge in [0.1, 0.15) is 7.85 Å². The van der Waals surface area contributed by atoms with Crippen LogP contribution in [-0.4, -0.2) is 7.85 Å². The SMILES string of the molecule is [B]c1cc(Cl)cc(Br)c1. The second-order valence-corrected chi connectivity index (χ2v) is 3.05. The third-order valence-electron chi connectivity index (χ3n) is 0.885. The van der Waals surface area contributed by atoms with Crippen molar-refractivity contribution in [2.75, 3.05) is 0 Å². The van der Waals surface area contributed by atoms with Crippen molar-refractivity contribution in [2.45, 2.75) is 0 Å². The van der Waals surface area contributed by atoms with Gasteiger partial charge in [-0.25, -0.2) is 0 Å². The molecule has 0 aliphatic carbocycles. The van der Waals surface area contributed by atoms with E-state index in [1.807, 2.05) is 0 Å². The van der Waals surface area contributed by atoms with E-state index in [0.717, 1.165) is 4.47 Å². The Morgan fingerprint density at radius 2 is 2.00 bits per heavy atom. The van der Waals surface area contributed by atoms with Crippen LogP contribution in [0.5, 0.6) is 0 Å². The highest BCUT2D eigenvalue weighted by Crippen LogP contribution is 2.13. The van der Waals surface area contributed by atoms with Gasteiger partial charge in [0.15, 0.2) is 0 Å². The molecule has 0 atom stereocenters. The van der Waals surface area contributed by atoms with E-state index in [9.17, 15) is 0 Å². The van der Waals surface area contributed by atoms with Crippen molar-refractivity contribution in [1.82, 2.24) is 0 Å². The van der Waals surface area contributed by atoms with Crippen LogP contribution in [0, 0.1) is 0 Å². The van der Waals surface area contributed by atoms with E-state index >= 15 is 0 Å². The van der Waals surface area contributed by atoms with E-state index in [4.69, 9.17) is 19.4 Å². The van der Waals surface area contributed by atoms with E-state index in [-0.39, 0.29) is 0 Å². The minimum Gasteiger partial charge on any atom is -0.0941 e. The van der Waals surface area contributed by atoms with Crippen molar-refractivity contribution in [3.05, 3.63) is 27.7 Å². The smallest absolute Gasteiger partial charge is 0.0941 e. The zero-order valence-corrected chi connectivity index (χ0v) is 6.91. The first-order valence-corrected chi connectivity index (χ1v) is 3.57. The lowest BCUT2D eigenvalue weighted by atomic mass is 9.97. The monoisotopic (exact) mass is 200 g/mol. The second-order valence-electron chi connectivity index (χ2n) is 1.70. The van der Waals surface area contributed by atoms with Gasteiger partial charge in [-0.15, -0.1) is 0 Å². The summed E-state index contributed by atoms with van der Waals surface area (Å²) >= 11 is 8.89. The van der Waals surface area contributed by atoms with Crippen LogP contribution in [0.1, 0.15) is 0 Å². The summed E-state index contributed by atoms with van der Waals surface area (Å²) in [7, 11) is 5.44. The number of benzene rings is 1. The maximum Gasteiger partial charge on any atom is 0.113 e. The molecule has 0 spiro atoms. The predicted octanol–water partition coefficient (Wildman–Crippen LogP) is 1.90. The Morgan fingerprint density at radius 1 is 1.33 bits per heavy atom. The van der Waals surface area contributed by atoms with E-state index in [1.165, 1.54) is 0 Å². The van der Waals surface area contributed by atoms with Gasteiger partial charge in [-0.1, -0.05) is 45.1 Å². The van der Waals surface area contributed by atoms with Gasteiger partial charge in [0.05, 0.1) is 0 Å². The molecule has 0 heterocycles. The molecule has 3 heteroatoms. The van der Waals surface area contributed by atoms with Gasteiger partial charge in [0.25, 0.3) is 0 Å². The van der Waals surface area contributed by atoms with Crippen molar-refractivity contribution in [3.8, 4) is 0 Å².